The van der Waals surface area contributed by atoms with Crippen LogP contribution in [0.4, 0.5) is 11.4 Å². The van der Waals surface area contributed by atoms with Crippen molar-refractivity contribution >= 4 is 67.6 Å². The highest BCUT2D eigenvalue weighted by Crippen LogP contribution is 2.37. The van der Waals surface area contributed by atoms with Crippen LogP contribution in [0.5, 0.6) is 0 Å². The van der Waals surface area contributed by atoms with Crippen molar-refractivity contribution in [3.63, 3.8) is 0 Å². The number of thiocarbonyl (C=S) groups is 1. The van der Waals surface area contributed by atoms with Gasteiger partial charge in [-0.1, -0.05) is 42.2 Å². The molecule has 0 unspecified atom stereocenters. The fourth-order valence-electron chi connectivity index (χ4n) is 2.79. The van der Waals surface area contributed by atoms with Crippen LogP contribution >= 0.6 is 39.9 Å². The highest BCUT2D eigenvalue weighted by atomic mass is 79.9. The molecule has 144 valence electrons. The molecule has 1 aliphatic heterocycles. The van der Waals surface area contributed by atoms with Crippen molar-refractivity contribution in [1.82, 2.24) is 0 Å². The van der Waals surface area contributed by atoms with Crippen LogP contribution < -0.4 is 4.90 Å². The van der Waals surface area contributed by atoms with Crippen molar-refractivity contribution in [2.24, 2.45) is 0 Å². The van der Waals surface area contributed by atoms with Gasteiger partial charge in [0.05, 0.1) is 15.5 Å². The lowest BCUT2D eigenvalue weighted by molar-refractivity contribution is -0.384. The average Bonchev–Trinajstić information content (AvgIpc) is 3.27. The van der Waals surface area contributed by atoms with E-state index < -0.39 is 4.92 Å². The number of rotatable bonds is 4. The zero-order valence-corrected chi connectivity index (χ0v) is 17.8. The molecule has 1 aliphatic rings. The molecule has 29 heavy (non-hydrogen) atoms. The monoisotopic (exact) mass is 486 g/mol. The molecule has 1 amide bonds. The van der Waals surface area contributed by atoms with E-state index >= 15 is 0 Å². The number of carbonyl (C=O) groups is 1. The van der Waals surface area contributed by atoms with Crippen LogP contribution in [0, 0.1) is 10.1 Å². The molecule has 0 saturated carbocycles. The smallest absolute Gasteiger partial charge is 0.270 e. The molecule has 0 spiro atoms. The lowest BCUT2D eigenvalue weighted by Gasteiger charge is -2.13. The first-order chi connectivity index (χ1) is 13.9. The highest BCUT2D eigenvalue weighted by molar-refractivity contribution is 9.10. The number of anilines is 1. The van der Waals surface area contributed by atoms with E-state index in [-0.39, 0.29) is 11.6 Å². The maximum Gasteiger partial charge on any atom is 0.270 e. The topological polar surface area (TPSA) is 76.6 Å². The van der Waals surface area contributed by atoms with Crippen molar-refractivity contribution in [2.75, 3.05) is 4.90 Å². The van der Waals surface area contributed by atoms with E-state index in [2.05, 4.69) is 15.9 Å². The number of furan rings is 1. The standard InChI is InChI=1S/C20H11BrN2O4S2/c21-16-10-13(23(25)26)6-8-15(16)17-9-7-14(27-17)11-18-19(24)22(20(28)29-18)12-4-2-1-3-5-12/h1-11H/b18-11-. The summed E-state index contributed by atoms with van der Waals surface area (Å²) in [4.78, 5) is 25.2. The summed E-state index contributed by atoms with van der Waals surface area (Å²) in [7, 11) is 0. The Hall–Kier alpha value is -2.75. The number of nitro benzene ring substituents is 1. The Labute approximate surface area is 183 Å². The molecule has 0 atom stereocenters. The summed E-state index contributed by atoms with van der Waals surface area (Å²) in [5.74, 6) is 0.802. The molecule has 0 aliphatic carbocycles. The van der Waals surface area contributed by atoms with Gasteiger partial charge in [0.2, 0.25) is 0 Å². The van der Waals surface area contributed by atoms with Gasteiger partial charge in [0.25, 0.3) is 11.6 Å². The molecule has 0 radical (unpaired) electrons. The summed E-state index contributed by atoms with van der Waals surface area (Å²) in [6.07, 6.45) is 1.64. The molecule has 4 rings (SSSR count). The van der Waals surface area contributed by atoms with Gasteiger partial charge in [0.1, 0.15) is 11.5 Å². The van der Waals surface area contributed by atoms with Crippen LogP contribution in [0.1, 0.15) is 5.76 Å². The van der Waals surface area contributed by atoms with Crippen molar-refractivity contribution < 1.29 is 14.1 Å². The van der Waals surface area contributed by atoms with Crippen LogP contribution in [0.3, 0.4) is 0 Å². The molecule has 1 fully saturated rings. The number of hydrogen-bond acceptors (Lipinski definition) is 6. The number of amides is 1. The Morgan fingerprint density at radius 3 is 2.59 bits per heavy atom. The molecule has 3 aromatic rings. The van der Waals surface area contributed by atoms with E-state index in [4.69, 9.17) is 16.6 Å². The fourth-order valence-corrected chi connectivity index (χ4v) is 4.63. The Morgan fingerprint density at radius 1 is 1.14 bits per heavy atom. The van der Waals surface area contributed by atoms with Gasteiger partial charge in [0.15, 0.2) is 4.32 Å². The Kier molecular flexibility index (Phi) is 5.35. The predicted octanol–water partition coefficient (Wildman–Crippen LogP) is 6.02. The van der Waals surface area contributed by atoms with Gasteiger partial charge < -0.3 is 4.42 Å². The van der Waals surface area contributed by atoms with E-state index in [9.17, 15) is 14.9 Å². The summed E-state index contributed by atoms with van der Waals surface area (Å²) in [5, 5.41) is 10.9. The molecule has 0 bridgehead atoms. The van der Waals surface area contributed by atoms with Crippen LogP contribution in [0.2, 0.25) is 0 Å². The molecule has 2 aromatic carbocycles. The molecule has 0 N–H and O–H groups in total. The van der Waals surface area contributed by atoms with Crippen molar-refractivity contribution in [3.05, 3.63) is 85.9 Å². The number of non-ortho nitro benzene ring substituents is 1. The zero-order valence-electron chi connectivity index (χ0n) is 14.6. The Bertz CT molecular complexity index is 1170. The minimum Gasteiger partial charge on any atom is -0.457 e. The number of carbonyl (C=O) groups excluding carboxylic acids is 1. The van der Waals surface area contributed by atoms with Gasteiger partial charge in [-0.05, 0) is 46.3 Å². The van der Waals surface area contributed by atoms with Crippen LogP contribution in [-0.4, -0.2) is 15.2 Å². The third-order valence-electron chi connectivity index (χ3n) is 4.14. The number of halogens is 1. The van der Waals surface area contributed by atoms with Gasteiger partial charge >= 0.3 is 0 Å². The SMILES string of the molecule is O=C1/C(=C/c2ccc(-c3ccc([N+](=O)[O-])cc3Br)o2)SC(=S)N1c1ccccc1. The number of hydrogen-bond donors (Lipinski definition) is 0. The van der Waals surface area contributed by atoms with E-state index in [1.54, 1.807) is 24.3 Å². The van der Waals surface area contributed by atoms with E-state index in [0.29, 0.717) is 36.5 Å². The molecule has 6 nitrogen and oxygen atoms in total. The molecular formula is C20H11BrN2O4S2. The van der Waals surface area contributed by atoms with Gasteiger partial charge in [-0.25, -0.2) is 0 Å². The van der Waals surface area contributed by atoms with Crippen LogP contribution in [0.25, 0.3) is 17.4 Å². The van der Waals surface area contributed by atoms with E-state index in [1.165, 1.54) is 28.8 Å². The molecule has 1 saturated heterocycles. The Morgan fingerprint density at radius 2 is 1.90 bits per heavy atom. The van der Waals surface area contributed by atoms with Crippen molar-refractivity contribution in [2.45, 2.75) is 0 Å². The summed E-state index contributed by atoms with van der Waals surface area (Å²) < 4.78 is 6.83. The van der Waals surface area contributed by atoms with E-state index in [1.807, 2.05) is 30.3 Å². The third-order valence-corrected chi connectivity index (χ3v) is 6.10. The summed E-state index contributed by atoms with van der Waals surface area (Å²) in [6, 6.07) is 17.1. The number of nitrogens with zero attached hydrogens (tertiary/aromatic N) is 2. The third kappa shape index (κ3) is 3.89. The minimum absolute atomic E-state index is 0.0167. The first-order valence-corrected chi connectivity index (χ1v) is 10.3. The van der Waals surface area contributed by atoms with Gasteiger partial charge in [-0.3, -0.25) is 19.8 Å². The normalized spacial score (nSPS) is 15.3. The lowest BCUT2D eigenvalue weighted by atomic mass is 10.1. The average molecular weight is 487 g/mol. The summed E-state index contributed by atoms with van der Waals surface area (Å²) >= 11 is 9.91. The van der Waals surface area contributed by atoms with Crippen molar-refractivity contribution in [3.8, 4) is 11.3 Å². The number of nitro groups is 1. The summed E-state index contributed by atoms with van der Waals surface area (Å²) in [5.41, 5.74) is 1.37. The van der Waals surface area contributed by atoms with E-state index in [0.717, 1.165) is 0 Å². The maximum atomic E-state index is 12.8. The number of para-hydroxylation sites is 1. The second kappa shape index (κ2) is 7.94. The fraction of sp³-hybridized carbons (Fsp3) is 0. The molecule has 1 aromatic heterocycles. The number of benzene rings is 2. The van der Waals surface area contributed by atoms with Crippen molar-refractivity contribution in [1.29, 1.82) is 0 Å². The van der Waals surface area contributed by atoms with Gasteiger partial charge in [-0.2, -0.15) is 0 Å². The predicted molar refractivity (Wildman–Crippen MR) is 121 cm³/mol. The van der Waals surface area contributed by atoms with Gasteiger partial charge in [-0.15, -0.1) is 0 Å². The first-order valence-electron chi connectivity index (χ1n) is 8.31. The molecule has 9 heteroatoms. The minimum atomic E-state index is -0.461. The second-order valence-corrected chi connectivity index (χ2v) is 8.51. The maximum absolute atomic E-state index is 12.8. The Balaban J connectivity index is 1.61. The molecule has 2 heterocycles. The van der Waals surface area contributed by atoms with Crippen LogP contribution in [-0.2, 0) is 4.79 Å². The summed E-state index contributed by atoms with van der Waals surface area (Å²) in [6.45, 7) is 0. The van der Waals surface area contributed by atoms with Crippen LogP contribution in [0.15, 0.2) is 74.5 Å². The quantitative estimate of drug-likeness (QED) is 0.194. The first kappa shape index (κ1) is 19.6. The zero-order chi connectivity index (χ0) is 20.5. The molecular weight excluding hydrogens is 476 g/mol. The second-order valence-electron chi connectivity index (χ2n) is 5.98. The largest absolute Gasteiger partial charge is 0.457 e. The highest BCUT2D eigenvalue weighted by Gasteiger charge is 2.33. The van der Waals surface area contributed by atoms with Gasteiger partial charge in [0, 0.05) is 28.2 Å². The number of thioether (sulfide) groups is 1. The lowest BCUT2D eigenvalue weighted by Crippen LogP contribution is -2.27.